The Kier molecular flexibility index (Phi) is 2.76. The molecule has 4 saturated carbocycles. The van der Waals surface area contributed by atoms with Gasteiger partial charge >= 0.3 is 0 Å². The number of hydrogen-bond donors (Lipinski definition) is 2. The molecule has 1 aromatic rings. The number of hydrogen-bond acceptors (Lipinski definition) is 2. The Balaban J connectivity index is 1.56. The molecule has 4 aliphatic carbocycles. The van der Waals surface area contributed by atoms with Gasteiger partial charge in [0.15, 0.2) is 0 Å². The summed E-state index contributed by atoms with van der Waals surface area (Å²) in [5.41, 5.74) is 9.80. The summed E-state index contributed by atoms with van der Waals surface area (Å²) >= 11 is 0. The minimum Gasteiger partial charge on any atom is -0.398 e. The fourth-order valence-corrected chi connectivity index (χ4v) is 6.62. The maximum absolute atomic E-state index is 6.11. The van der Waals surface area contributed by atoms with Crippen molar-refractivity contribution in [3.63, 3.8) is 0 Å². The van der Waals surface area contributed by atoms with Crippen LogP contribution in [-0.4, -0.2) is 5.54 Å². The molecule has 0 aromatic heterocycles. The molecule has 2 atom stereocenters. The van der Waals surface area contributed by atoms with Crippen LogP contribution in [0.25, 0.3) is 0 Å². The molecule has 2 unspecified atom stereocenters. The third-order valence-corrected chi connectivity index (χ3v) is 6.34. The van der Waals surface area contributed by atoms with Gasteiger partial charge in [-0.25, -0.2) is 0 Å². The summed E-state index contributed by atoms with van der Waals surface area (Å²) in [6.45, 7) is 5.98. The second kappa shape index (κ2) is 4.25. The zero-order valence-electron chi connectivity index (χ0n) is 13.4. The van der Waals surface area contributed by atoms with Crippen molar-refractivity contribution in [3.8, 4) is 0 Å². The maximum atomic E-state index is 6.11. The third kappa shape index (κ3) is 2.28. The molecule has 0 amide bonds. The Bertz CT molecular complexity index is 546. The van der Waals surface area contributed by atoms with Crippen molar-refractivity contribution < 1.29 is 0 Å². The first-order chi connectivity index (χ1) is 9.90. The number of nitrogens with one attached hydrogen (secondary N) is 1. The van der Waals surface area contributed by atoms with E-state index in [9.17, 15) is 0 Å². The number of nitrogens with two attached hydrogens (primary N) is 1. The van der Waals surface area contributed by atoms with E-state index in [0.29, 0.717) is 16.4 Å². The molecule has 21 heavy (non-hydrogen) atoms. The number of benzene rings is 1. The Hall–Kier alpha value is -1.02. The Morgan fingerprint density at radius 1 is 1.05 bits per heavy atom. The Morgan fingerprint density at radius 3 is 2.33 bits per heavy atom. The topological polar surface area (TPSA) is 38.0 Å². The lowest BCUT2D eigenvalue weighted by Crippen LogP contribution is -2.63. The molecule has 2 heteroatoms. The van der Waals surface area contributed by atoms with E-state index in [-0.39, 0.29) is 0 Å². The first kappa shape index (κ1) is 13.6. The van der Waals surface area contributed by atoms with Crippen LogP contribution >= 0.6 is 0 Å². The second-order valence-electron chi connectivity index (χ2n) is 8.96. The predicted molar refractivity (Wildman–Crippen MR) is 87.8 cm³/mol. The van der Waals surface area contributed by atoms with Gasteiger partial charge in [0, 0.05) is 17.8 Å². The molecule has 0 saturated heterocycles. The van der Waals surface area contributed by atoms with E-state index < -0.39 is 0 Å². The molecule has 1 aromatic carbocycles. The van der Waals surface area contributed by atoms with Gasteiger partial charge in [0.25, 0.3) is 0 Å². The Labute approximate surface area is 128 Å². The van der Waals surface area contributed by atoms with Crippen LogP contribution in [0.2, 0.25) is 0 Å². The van der Waals surface area contributed by atoms with E-state index in [2.05, 4.69) is 31.3 Å². The Morgan fingerprint density at radius 2 is 1.71 bits per heavy atom. The van der Waals surface area contributed by atoms with Crippen LogP contribution < -0.4 is 11.1 Å². The lowest BCUT2D eigenvalue weighted by Gasteiger charge is -2.65. The van der Waals surface area contributed by atoms with Gasteiger partial charge in [-0.3, -0.25) is 0 Å². The summed E-state index contributed by atoms with van der Waals surface area (Å²) in [4.78, 5) is 0. The largest absolute Gasteiger partial charge is 0.398 e. The van der Waals surface area contributed by atoms with Crippen LogP contribution in [0.3, 0.4) is 0 Å². The molecule has 2 nitrogen and oxygen atoms in total. The van der Waals surface area contributed by atoms with Crippen LogP contribution in [0.1, 0.15) is 57.9 Å². The summed E-state index contributed by atoms with van der Waals surface area (Å²) in [5, 5.41) is 3.95. The van der Waals surface area contributed by atoms with E-state index in [1.807, 2.05) is 12.1 Å². The number of nitrogen functional groups attached to an aromatic ring is 1. The molecule has 4 bridgehead atoms. The zero-order valence-corrected chi connectivity index (χ0v) is 13.4. The van der Waals surface area contributed by atoms with Crippen molar-refractivity contribution in [2.45, 2.75) is 64.5 Å². The summed E-state index contributed by atoms with van der Waals surface area (Å²) in [6.07, 6.45) is 8.45. The van der Waals surface area contributed by atoms with Gasteiger partial charge in [0.1, 0.15) is 0 Å². The van der Waals surface area contributed by atoms with Gasteiger partial charge in [0.05, 0.1) is 0 Å². The van der Waals surface area contributed by atoms with Gasteiger partial charge in [-0.1, -0.05) is 32.0 Å². The normalized spacial score (nSPS) is 44.2. The molecule has 5 rings (SSSR count). The average Bonchev–Trinajstić information content (AvgIpc) is 2.33. The standard InChI is InChI=1S/C19H28N2/c1-17-7-14-8-18(2,11-17)13-19(9-14,12-17)21-10-15-5-3-4-6-16(15)20/h3-6,14,21H,7-13,20H2,1-2H3. The second-order valence-corrected chi connectivity index (χ2v) is 8.96. The minimum absolute atomic E-state index is 0.366. The molecular weight excluding hydrogens is 256 g/mol. The van der Waals surface area contributed by atoms with E-state index in [4.69, 9.17) is 5.73 Å². The molecule has 114 valence electrons. The maximum Gasteiger partial charge on any atom is 0.0359 e. The molecule has 0 aliphatic heterocycles. The quantitative estimate of drug-likeness (QED) is 0.820. The van der Waals surface area contributed by atoms with Crippen molar-refractivity contribution in [1.82, 2.24) is 5.32 Å². The van der Waals surface area contributed by atoms with Gasteiger partial charge in [0.2, 0.25) is 0 Å². The molecule has 0 spiro atoms. The summed E-state index contributed by atoms with van der Waals surface area (Å²) in [7, 11) is 0. The first-order valence-corrected chi connectivity index (χ1v) is 8.48. The monoisotopic (exact) mass is 284 g/mol. The van der Waals surface area contributed by atoms with Gasteiger partial charge < -0.3 is 11.1 Å². The molecule has 0 radical (unpaired) electrons. The highest BCUT2D eigenvalue weighted by Gasteiger charge is 2.59. The summed E-state index contributed by atoms with van der Waals surface area (Å²) in [5.74, 6) is 0.942. The van der Waals surface area contributed by atoms with Gasteiger partial charge in [-0.2, -0.15) is 0 Å². The highest BCUT2D eigenvalue weighted by molar-refractivity contribution is 5.46. The summed E-state index contributed by atoms with van der Waals surface area (Å²) < 4.78 is 0. The molecule has 0 heterocycles. The van der Waals surface area contributed by atoms with Crippen LogP contribution in [0.5, 0.6) is 0 Å². The number of para-hydroxylation sites is 1. The molecule has 3 N–H and O–H groups in total. The minimum atomic E-state index is 0.366. The molecule has 4 fully saturated rings. The highest BCUT2D eigenvalue weighted by atomic mass is 15.0. The van der Waals surface area contributed by atoms with E-state index in [1.54, 1.807) is 0 Å². The van der Waals surface area contributed by atoms with Crippen LogP contribution in [0.15, 0.2) is 24.3 Å². The highest BCUT2D eigenvalue weighted by Crippen LogP contribution is 2.66. The zero-order chi connectivity index (χ0) is 14.7. The lowest BCUT2D eigenvalue weighted by atomic mass is 9.43. The van der Waals surface area contributed by atoms with Crippen molar-refractivity contribution >= 4 is 5.69 Å². The molecular formula is C19H28N2. The van der Waals surface area contributed by atoms with Crippen molar-refractivity contribution in [1.29, 1.82) is 0 Å². The van der Waals surface area contributed by atoms with Crippen LogP contribution in [0.4, 0.5) is 5.69 Å². The third-order valence-electron chi connectivity index (χ3n) is 6.34. The predicted octanol–water partition coefficient (Wildman–Crippen LogP) is 4.11. The average molecular weight is 284 g/mol. The van der Waals surface area contributed by atoms with Gasteiger partial charge in [-0.05, 0) is 66.9 Å². The first-order valence-electron chi connectivity index (χ1n) is 8.48. The molecule has 4 aliphatic rings. The number of rotatable bonds is 3. The van der Waals surface area contributed by atoms with E-state index >= 15 is 0 Å². The fraction of sp³-hybridized carbons (Fsp3) is 0.684. The van der Waals surface area contributed by atoms with Crippen molar-refractivity contribution in [2.75, 3.05) is 5.73 Å². The lowest BCUT2D eigenvalue weighted by molar-refractivity contribution is -0.118. The smallest absolute Gasteiger partial charge is 0.0359 e. The number of anilines is 1. The van der Waals surface area contributed by atoms with Gasteiger partial charge in [-0.15, -0.1) is 0 Å². The summed E-state index contributed by atoms with van der Waals surface area (Å²) in [6, 6.07) is 8.28. The van der Waals surface area contributed by atoms with Crippen molar-refractivity contribution in [3.05, 3.63) is 29.8 Å². The van der Waals surface area contributed by atoms with E-state index in [0.717, 1.165) is 18.2 Å². The SMILES string of the molecule is CC12CC3CC(C)(C1)CC(NCc1ccccc1N)(C3)C2. The van der Waals surface area contributed by atoms with Crippen LogP contribution in [-0.2, 0) is 6.54 Å². The fourth-order valence-electron chi connectivity index (χ4n) is 6.62. The van der Waals surface area contributed by atoms with Crippen LogP contribution in [0, 0.1) is 16.7 Å². The van der Waals surface area contributed by atoms with E-state index in [1.165, 1.54) is 44.1 Å². The van der Waals surface area contributed by atoms with Crippen molar-refractivity contribution in [2.24, 2.45) is 16.7 Å².